The molecule has 0 bridgehead atoms. The SMILES string of the molecule is Cc1ccccc1N1C(=O)C(CN)N(C)CCC1C. The van der Waals surface area contributed by atoms with Crippen LogP contribution in [0.1, 0.15) is 18.9 Å². The molecule has 1 amide bonds. The fourth-order valence-electron chi connectivity index (χ4n) is 2.71. The lowest BCUT2D eigenvalue weighted by molar-refractivity contribution is -0.122. The number of likely N-dealkylation sites (N-methyl/N-ethyl adjacent to an activating group) is 1. The van der Waals surface area contributed by atoms with Crippen molar-refractivity contribution >= 4 is 11.6 Å². The smallest absolute Gasteiger partial charge is 0.245 e. The van der Waals surface area contributed by atoms with E-state index in [0.717, 1.165) is 24.2 Å². The van der Waals surface area contributed by atoms with Gasteiger partial charge >= 0.3 is 0 Å². The van der Waals surface area contributed by atoms with Crippen LogP contribution in [0.2, 0.25) is 0 Å². The Morgan fingerprint density at radius 1 is 1.37 bits per heavy atom. The van der Waals surface area contributed by atoms with E-state index in [1.54, 1.807) is 0 Å². The molecule has 1 heterocycles. The van der Waals surface area contributed by atoms with Crippen LogP contribution in [0.25, 0.3) is 0 Å². The molecule has 0 aromatic heterocycles. The van der Waals surface area contributed by atoms with E-state index >= 15 is 0 Å². The van der Waals surface area contributed by atoms with Gasteiger partial charge in [0.1, 0.15) is 6.04 Å². The van der Waals surface area contributed by atoms with Gasteiger partial charge in [-0.05, 0) is 38.9 Å². The first-order chi connectivity index (χ1) is 9.06. The van der Waals surface area contributed by atoms with Gasteiger partial charge in [0, 0.05) is 24.8 Å². The van der Waals surface area contributed by atoms with Crippen molar-refractivity contribution in [3.8, 4) is 0 Å². The molecule has 2 N–H and O–H groups in total. The Kier molecular flexibility index (Phi) is 4.22. The van der Waals surface area contributed by atoms with Crippen LogP contribution in [0.3, 0.4) is 0 Å². The molecule has 0 spiro atoms. The Labute approximate surface area is 115 Å². The van der Waals surface area contributed by atoms with Crippen molar-refractivity contribution in [1.29, 1.82) is 0 Å². The average molecular weight is 261 g/mol. The van der Waals surface area contributed by atoms with Gasteiger partial charge in [0.2, 0.25) is 5.91 Å². The lowest BCUT2D eigenvalue weighted by Gasteiger charge is -2.31. The van der Waals surface area contributed by atoms with E-state index in [1.807, 2.05) is 43.1 Å². The minimum Gasteiger partial charge on any atom is -0.328 e. The number of hydrogen-bond acceptors (Lipinski definition) is 3. The summed E-state index contributed by atoms with van der Waals surface area (Å²) in [6, 6.07) is 8.02. The predicted molar refractivity (Wildman–Crippen MR) is 78.2 cm³/mol. The number of nitrogens with two attached hydrogens (primary N) is 1. The van der Waals surface area contributed by atoms with Crippen molar-refractivity contribution in [2.24, 2.45) is 5.73 Å². The Morgan fingerprint density at radius 2 is 2.05 bits per heavy atom. The molecule has 0 aliphatic carbocycles. The third-order valence-electron chi connectivity index (χ3n) is 3.99. The molecule has 2 rings (SSSR count). The molecule has 1 fully saturated rings. The van der Waals surface area contributed by atoms with Gasteiger partial charge in [-0.15, -0.1) is 0 Å². The van der Waals surface area contributed by atoms with Crippen molar-refractivity contribution < 1.29 is 4.79 Å². The van der Waals surface area contributed by atoms with E-state index in [2.05, 4.69) is 11.8 Å². The number of hydrogen-bond donors (Lipinski definition) is 1. The Balaban J connectivity index is 2.41. The lowest BCUT2D eigenvalue weighted by atomic mass is 10.1. The molecule has 104 valence electrons. The van der Waals surface area contributed by atoms with E-state index in [4.69, 9.17) is 5.73 Å². The molecule has 1 aliphatic heterocycles. The van der Waals surface area contributed by atoms with Gasteiger partial charge in [-0.25, -0.2) is 0 Å². The number of amides is 1. The number of carbonyl (C=O) groups excluding carboxylic acids is 1. The van der Waals surface area contributed by atoms with Crippen LogP contribution in [0, 0.1) is 6.92 Å². The summed E-state index contributed by atoms with van der Waals surface area (Å²) in [5.41, 5.74) is 7.92. The monoisotopic (exact) mass is 261 g/mol. The highest BCUT2D eigenvalue weighted by molar-refractivity contribution is 5.98. The van der Waals surface area contributed by atoms with Gasteiger partial charge in [-0.2, -0.15) is 0 Å². The van der Waals surface area contributed by atoms with Crippen molar-refractivity contribution in [2.75, 3.05) is 25.0 Å². The van der Waals surface area contributed by atoms with Gasteiger partial charge in [0.05, 0.1) is 0 Å². The summed E-state index contributed by atoms with van der Waals surface area (Å²) in [6.45, 7) is 5.42. The fraction of sp³-hybridized carbons (Fsp3) is 0.533. The summed E-state index contributed by atoms with van der Waals surface area (Å²) in [7, 11) is 1.98. The van der Waals surface area contributed by atoms with Crippen LogP contribution in [-0.2, 0) is 4.79 Å². The molecule has 2 unspecified atom stereocenters. The number of para-hydroxylation sites is 1. The standard InChI is InChI=1S/C15H23N3O/c1-11-6-4-5-7-13(11)18-12(2)8-9-17(3)14(10-16)15(18)19/h4-7,12,14H,8-10,16H2,1-3H3. The van der Waals surface area contributed by atoms with Crippen LogP contribution in [0.5, 0.6) is 0 Å². The first kappa shape index (κ1) is 14.0. The van der Waals surface area contributed by atoms with E-state index in [9.17, 15) is 4.79 Å². The first-order valence-corrected chi connectivity index (χ1v) is 6.85. The molecule has 1 aliphatic rings. The van der Waals surface area contributed by atoms with Gasteiger partial charge < -0.3 is 10.6 Å². The summed E-state index contributed by atoms with van der Waals surface area (Å²) >= 11 is 0. The highest BCUT2D eigenvalue weighted by atomic mass is 16.2. The zero-order valence-corrected chi connectivity index (χ0v) is 12.0. The molecule has 4 heteroatoms. The van der Waals surface area contributed by atoms with E-state index in [-0.39, 0.29) is 18.0 Å². The van der Waals surface area contributed by atoms with Gasteiger partial charge in [-0.1, -0.05) is 18.2 Å². The molecule has 1 aromatic rings. The molecule has 4 nitrogen and oxygen atoms in total. The van der Waals surface area contributed by atoms with Crippen molar-refractivity contribution in [1.82, 2.24) is 4.90 Å². The second kappa shape index (κ2) is 5.72. The number of carbonyl (C=O) groups is 1. The Hall–Kier alpha value is -1.39. The second-order valence-electron chi connectivity index (χ2n) is 5.36. The molecular formula is C15H23N3O. The van der Waals surface area contributed by atoms with Gasteiger partial charge in [0.15, 0.2) is 0 Å². The maximum Gasteiger partial charge on any atom is 0.245 e. The van der Waals surface area contributed by atoms with E-state index < -0.39 is 0 Å². The first-order valence-electron chi connectivity index (χ1n) is 6.85. The van der Waals surface area contributed by atoms with E-state index in [0.29, 0.717) is 6.54 Å². The van der Waals surface area contributed by atoms with Crippen LogP contribution in [0.15, 0.2) is 24.3 Å². The average Bonchev–Trinajstić information content (AvgIpc) is 2.49. The summed E-state index contributed by atoms with van der Waals surface area (Å²) < 4.78 is 0. The van der Waals surface area contributed by atoms with Crippen molar-refractivity contribution in [3.05, 3.63) is 29.8 Å². The molecule has 0 saturated carbocycles. The Morgan fingerprint density at radius 3 is 2.68 bits per heavy atom. The third-order valence-corrected chi connectivity index (χ3v) is 3.99. The third kappa shape index (κ3) is 2.65. The molecular weight excluding hydrogens is 238 g/mol. The lowest BCUT2D eigenvalue weighted by Crippen LogP contribution is -2.50. The minimum atomic E-state index is -0.218. The molecule has 2 atom stereocenters. The number of nitrogens with zero attached hydrogens (tertiary/aromatic N) is 2. The number of anilines is 1. The molecule has 19 heavy (non-hydrogen) atoms. The minimum absolute atomic E-state index is 0.115. The van der Waals surface area contributed by atoms with Crippen molar-refractivity contribution in [3.63, 3.8) is 0 Å². The van der Waals surface area contributed by atoms with Crippen LogP contribution >= 0.6 is 0 Å². The molecule has 1 aromatic carbocycles. The summed E-state index contributed by atoms with van der Waals surface area (Å²) in [4.78, 5) is 16.7. The van der Waals surface area contributed by atoms with E-state index in [1.165, 1.54) is 0 Å². The quantitative estimate of drug-likeness (QED) is 0.875. The predicted octanol–water partition coefficient (Wildman–Crippen LogP) is 1.38. The van der Waals surface area contributed by atoms with Crippen LogP contribution < -0.4 is 10.6 Å². The Bertz CT molecular complexity index is 460. The summed E-state index contributed by atoms with van der Waals surface area (Å²) in [5.74, 6) is 0.115. The number of aryl methyl sites for hydroxylation is 1. The topological polar surface area (TPSA) is 49.6 Å². The van der Waals surface area contributed by atoms with Gasteiger partial charge in [-0.3, -0.25) is 9.69 Å². The van der Waals surface area contributed by atoms with Gasteiger partial charge in [0.25, 0.3) is 0 Å². The normalized spacial score (nSPS) is 25.5. The zero-order valence-electron chi connectivity index (χ0n) is 12.0. The highest BCUT2D eigenvalue weighted by Gasteiger charge is 2.34. The second-order valence-corrected chi connectivity index (χ2v) is 5.36. The summed E-state index contributed by atoms with van der Waals surface area (Å²) in [5, 5.41) is 0. The largest absolute Gasteiger partial charge is 0.328 e. The highest BCUT2D eigenvalue weighted by Crippen LogP contribution is 2.26. The van der Waals surface area contributed by atoms with Crippen LogP contribution in [0.4, 0.5) is 5.69 Å². The zero-order chi connectivity index (χ0) is 14.0. The maximum absolute atomic E-state index is 12.8. The number of benzene rings is 1. The maximum atomic E-state index is 12.8. The molecule has 1 saturated heterocycles. The van der Waals surface area contributed by atoms with Crippen molar-refractivity contribution in [2.45, 2.75) is 32.4 Å². The molecule has 0 radical (unpaired) electrons. The number of rotatable bonds is 2. The summed E-state index contributed by atoms with van der Waals surface area (Å²) in [6.07, 6.45) is 0.965. The fourth-order valence-corrected chi connectivity index (χ4v) is 2.71. The van der Waals surface area contributed by atoms with Crippen LogP contribution in [-0.4, -0.2) is 43.0 Å².